The van der Waals surface area contributed by atoms with E-state index in [2.05, 4.69) is 40.2 Å². The zero-order valence-corrected chi connectivity index (χ0v) is 15.0. The molecule has 124 valence electrons. The van der Waals surface area contributed by atoms with Crippen LogP contribution in [0.4, 0.5) is 5.69 Å². The molecule has 0 N–H and O–H groups in total. The molecule has 2 aromatic carbocycles. The molecule has 24 heavy (non-hydrogen) atoms. The van der Waals surface area contributed by atoms with Crippen molar-refractivity contribution >= 4 is 27.5 Å². The molecule has 1 heterocycles. The number of halogens is 1. The molecule has 0 atom stereocenters. The van der Waals surface area contributed by atoms with Crippen LogP contribution in [0.25, 0.3) is 0 Å². The van der Waals surface area contributed by atoms with Crippen LogP contribution in [0, 0.1) is 0 Å². The van der Waals surface area contributed by atoms with Crippen molar-refractivity contribution in [1.29, 1.82) is 0 Å². The highest BCUT2D eigenvalue weighted by molar-refractivity contribution is 9.10. The number of aryl methyl sites for hydroxylation is 1. The third-order valence-electron chi connectivity index (χ3n) is 4.94. The van der Waals surface area contributed by atoms with Crippen molar-refractivity contribution in [3.8, 4) is 0 Å². The Kier molecular flexibility index (Phi) is 4.42. The van der Waals surface area contributed by atoms with Crippen LogP contribution in [0.2, 0.25) is 0 Å². The van der Waals surface area contributed by atoms with Crippen molar-refractivity contribution in [2.75, 3.05) is 4.90 Å². The van der Waals surface area contributed by atoms with Gasteiger partial charge in [-0.3, -0.25) is 4.79 Å². The number of rotatable bonds is 4. The monoisotopic (exact) mass is 385 g/mol. The third-order valence-corrected chi connectivity index (χ3v) is 5.43. The third kappa shape index (κ3) is 3.13. The second-order valence-electron chi connectivity index (χ2n) is 6.58. The summed E-state index contributed by atoms with van der Waals surface area (Å²) in [7, 11) is 0. The Bertz CT molecular complexity index is 741. The maximum atomic E-state index is 12.4. The summed E-state index contributed by atoms with van der Waals surface area (Å²) in [5.74, 6) is 0.247. The molecule has 1 aliphatic heterocycles. The van der Waals surface area contributed by atoms with Crippen LogP contribution in [0.15, 0.2) is 53.0 Å². The van der Waals surface area contributed by atoms with Gasteiger partial charge in [-0.15, -0.1) is 0 Å². The number of hydrogen-bond donors (Lipinski definition) is 0. The van der Waals surface area contributed by atoms with Crippen molar-refractivity contribution < 1.29 is 9.53 Å². The molecule has 4 rings (SSSR count). The van der Waals surface area contributed by atoms with E-state index in [0.717, 1.165) is 29.4 Å². The van der Waals surface area contributed by atoms with Crippen molar-refractivity contribution in [1.82, 2.24) is 0 Å². The lowest BCUT2D eigenvalue weighted by molar-refractivity contribution is -0.120. The van der Waals surface area contributed by atoms with Crippen molar-refractivity contribution in [3.63, 3.8) is 0 Å². The van der Waals surface area contributed by atoms with E-state index in [0.29, 0.717) is 13.0 Å². The Balaban J connectivity index is 1.39. The first-order valence-electron chi connectivity index (χ1n) is 8.47. The van der Waals surface area contributed by atoms with Crippen LogP contribution < -0.4 is 4.90 Å². The van der Waals surface area contributed by atoms with Crippen molar-refractivity contribution in [2.45, 2.75) is 44.4 Å². The minimum absolute atomic E-state index is 0.247. The van der Waals surface area contributed by atoms with Gasteiger partial charge in [-0.25, -0.2) is 0 Å². The van der Waals surface area contributed by atoms with Crippen LogP contribution in [0.3, 0.4) is 0 Å². The first-order valence-corrected chi connectivity index (χ1v) is 9.26. The largest absolute Gasteiger partial charge is 0.373 e. The summed E-state index contributed by atoms with van der Waals surface area (Å²) in [4.78, 5) is 14.4. The molecule has 0 unspecified atom stereocenters. The second-order valence-corrected chi connectivity index (χ2v) is 7.50. The molecule has 1 aliphatic carbocycles. The van der Waals surface area contributed by atoms with Gasteiger partial charge in [0.1, 0.15) is 0 Å². The minimum Gasteiger partial charge on any atom is -0.373 e. The molecule has 4 heteroatoms. The Morgan fingerprint density at radius 3 is 2.67 bits per heavy atom. The van der Waals surface area contributed by atoms with E-state index < -0.39 is 0 Å². The highest BCUT2D eigenvalue weighted by Crippen LogP contribution is 2.38. The number of hydrogen-bond acceptors (Lipinski definition) is 2. The number of ether oxygens (including phenoxy) is 1. The summed E-state index contributed by atoms with van der Waals surface area (Å²) >= 11 is 3.52. The second kappa shape index (κ2) is 6.69. The first-order chi connectivity index (χ1) is 11.7. The minimum atomic E-state index is 0.247. The van der Waals surface area contributed by atoms with Crippen molar-refractivity contribution in [3.05, 3.63) is 64.1 Å². The molecule has 1 amide bonds. The smallest absolute Gasteiger partial charge is 0.227 e. The molecule has 0 spiro atoms. The number of anilines is 1. The van der Waals surface area contributed by atoms with Crippen LogP contribution in [-0.2, 0) is 22.6 Å². The summed E-state index contributed by atoms with van der Waals surface area (Å²) in [6.07, 6.45) is 3.55. The number of amides is 1. The average molecular weight is 386 g/mol. The van der Waals surface area contributed by atoms with E-state index in [4.69, 9.17) is 4.74 Å². The fourth-order valence-corrected chi connectivity index (χ4v) is 3.97. The average Bonchev–Trinajstić information content (AvgIpc) is 2.56. The SMILES string of the molecule is O=C1CCc2cc(Br)ccc2N1C1CC(OCc2ccccc2)C1. The van der Waals surface area contributed by atoms with E-state index in [1.165, 1.54) is 11.1 Å². The fraction of sp³-hybridized carbons (Fsp3) is 0.350. The van der Waals surface area contributed by atoms with Gasteiger partial charge >= 0.3 is 0 Å². The quantitative estimate of drug-likeness (QED) is 0.776. The van der Waals surface area contributed by atoms with E-state index in [9.17, 15) is 4.79 Å². The van der Waals surface area contributed by atoms with Gasteiger partial charge in [0.25, 0.3) is 0 Å². The fourth-order valence-electron chi connectivity index (χ4n) is 3.56. The Morgan fingerprint density at radius 1 is 1.08 bits per heavy atom. The summed E-state index contributed by atoms with van der Waals surface area (Å²) in [5.41, 5.74) is 3.55. The van der Waals surface area contributed by atoms with Gasteiger partial charge in [-0.2, -0.15) is 0 Å². The number of fused-ring (bicyclic) bond motifs is 1. The molecule has 1 fully saturated rings. The molecular formula is C20H20BrNO2. The normalized spacial score (nSPS) is 22.9. The number of carbonyl (C=O) groups is 1. The van der Waals surface area contributed by atoms with Gasteiger partial charge in [-0.05, 0) is 48.6 Å². The Morgan fingerprint density at radius 2 is 1.88 bits per heavy atom. The molecule has 3 nitrogen and oxygen atoms in total. The number of benzene rings is 2. The van der Waals surface area contributed by atoms with Crippen LogP contribution in [0.1, 0.15) is 30.4 Å². The van der Waals surface area contributed by atoms with Crippen molar-refractivity contribution in [2.24, 2.45) is 0 Å². The van der Waals surface area contributed by atoms with Gasteiger partial charge in [0.2, 0.25) is 5.91 Å². The van der Waals surface area contributed by atoms with Gasteiger partial charge in [0, 0.05) is 22.6 Å². The molecule has 1 saturated carbocycles. The van der Waals surface area contributed by atoms with Gasteiger partial charge < -0.3 is 9.64 Å². The van der Waals surface area contributed by atoms with Gasteiger partial charge in [-0.1, -0.05) is 46.3 Å². The summed E-state index contributed by atoms with van der Waals surface area (Å²) < 4.78 is 7.06. The van der Waals surface area contributed by atoms with Gasteiger partial charge in [0.15, 0.2) is 0 Å². The maximum Gasteiger partial charge on any atom is 0.227 e. The lowest BCUT2D eigenvalue weighted by atomic mass is 9.85. The van der Waals surface area contributed by atoms with E-state index >= 15 is 0 Å². The van der Waals surface area contributed by atoms with Crippen LogP contribution >= 0.6 is 15.9 Å². The Hall–Kier alpha value is -1.65. The predicted molar refractivity (Wildman–Crippen MR) is 98.0 cm³/mol. The standard InChI is InChI=1S/C20H20BrNO2/c21-16-7-8-19-15(10-16)6-9-20(23)22(19)17-11-18(12-17)24-13-14-4-2-1-3-5-14/h1-5,7-8,10,17-18H,6,9,11-13H2. The number of carbonyl (C=O) groups excluding carboxylic acids is 1. The maximum absolute atomic E-state index is 12.4. The highest BCUT2D eigenvalue weighted by Gasteiger charge is 2.39. The molecular weight excluding hydrogens is 366 g/mol. The van der Waals surface area contributed by atoms with Crippen LogP contribution in [-0.4, -0.2) is 18.1 Å². The van der Waals surface area contributed by atoms with E-state index in [1.807, 2.05) is 29.2 Å². The zero-order chi connectivity index (χ0) is 16.5. The number of nitrogens with zero attached hydrogens (tertiary/aromatic N) is 1. The lowest BCUT2D eigenvalue weighted by Crippen LogP contribution is -2.52. The molecule has 2 aliphatic rings. The zero-order valence-electron chi connectivity index (χ0n) is 13.5. The Labute approximate surface area is 150 Å². The molecule has 0 radical (unpaired) electrons. The summed E-state index contributed by atoms with van der Waals surface area (Å²) in [5, 5.41) is 0. The summed E-state index contributed by atoms with van der Waals surface area (Å²) in [6.45, 7) is 0.649. The first kappa shape index (κ1) is 15.9. The molecule has 0 bridgehead atoms. The molecule has 2 aromatic rings. The van der Waals surface area contributed by atoms with E-state index in [1.54, 1.807) is 0 Å². The van der Waals surface area contributed by atoms with E-state index in [-0.39, 0.29) is 18.1 Å². The molecule has 0 saturated heterocycles. The topological polar surface area (TPSA) is 29.5 Å². The van der Waals surface area contributed by atoms with Gasteiger partial charge in [0.05, 0.1) is 12.7 Å². The summed E-state index contributed by atoms with van der Waals surface area (Å²) in [6, 6.07) is 16.7. The van der Waals surface area contributed by atoms with Crippen LogP contribution in [0.5, 0.6) is 0 Å². The highest BCUT2D eigenvalue weighted by atomic mass is 79.9. The molecule has 0 aromatic heterocycles. The lowest BCUT2D eigenvalue weighted by Gasteiger charge is -2.44. The predicted octanol–water partition coefficient (Wildman–Crippen LogP) is 4.48.